The lowest BCUT2D eigenvalue weighted by Crippen LogP contribution is -2.29. The lowest BCUT2D eigenvalue weighted by atomic mass is 10.1. The van der Waals surface area contributed by atoms with Gasteiger partial charge in [0.25, 0.3) is 0 Å². The van der Waals surface area contributed by atoms with Crippen molar-refractivity contribution < 1.29 is 4.79 Å². The van der Waals surface area contributed by atoms with Gasteiger partial charge in [-0.25, -0.2) is 0 Å². The molecule has 0 saturated heterocycles. The molecule has 0 aliphatic heterocycles. The molecule has 1 amide bonds. The van der Waals surface area contributed by atoms with Crippen LogP contribution in [0.1, 0.15) is 17.5 Å². The van der Waals surface area contributed by atoms with Gasteiger partial charge in [-0.1, -0.05) is 42.5 Å². The normalized spacial score (nSPS) is 10.3. The molecule has 0 aromatic heterocycles. The van der Waals surface area contributed by atoms with Crippen molar-refractivity contribution in [2.75, 3.05) is 19.3 Å². The molecule has 0 saturated carbocycles. The highest BCUT2D eigenvalue weighted by Gasteiger charge is 2.09. The Kier molecular flexibility index (Phi) is 5.38. The van der Waals surface area contributed by atoms with Crippen LogP contribution in [0.4, 0.5) is 5.69 Å². The summed E-state index contributed by atoms with van der Waals surface area (Å²) in [5, 5.41) is 0. The number of likely N-dealkylation sites (N-methyl/N-ethyl adjacent to an activating group) is 1. The Hall–Kier alpha value is -2.29. The second-order valence-electron chi connectivity index (χ2n) is 5.33. The highest BCUT2D eigenvalue weighted by atomic mass is 16.2. The van der Waals surface area contributed by atoms with E-state index in [0.717, 1.165) is 24.9 Å². The molecule has 0 aliphatic carbocycles. The molecule has 0 radical (unpaired) electrons. The number of carbonyl (C=O) groups is 1. The summed E-state index contributed by atoms with van der Waals surface area (Å²) in [4.78, 5) is 13.9. The van der Waals surface area contributed by atoms with Crippen molar-refractivity contribution in [1.29, 1.82) is 0 Å². The quantitative estimate of drug-likeness (QED) is 0.828. The molecule has 3 nitrogen and oxygen atoms in total. The van der Waals surface area contributed by atoms with Crippen molar-refractivity contribution in [3.05, 3.63) is 65.7 Å². The average Bonchev–Trinajstić information content (AvgIpc) is 2.48. The zero-order valence-electron chi connectivity index (χ0n) is 12.5. The number of nitrogens with two attached hydrogens (primary N) is 1. The van der Waals surface area contributed by atoms with Gasteiger partial charge < -0.3 is 10.6 Å². The van der Waals surface area contributed by atoms with Gasteiger partial charge in [0.2, 0.25) is 5.91 Å². The minimum atomic E-state index is 0.133. The maximum Gasteiger partial charge on any atom is 0.226 e. The van der Waals surface area contributed by atoms with Crippen LogP contribution in [-0.4, -0.2) is 24.4 Å². The number of nitrogen functional groups attached to an aromatic ring is 1. The summed E-state index contributed by atoms with van der Waals surface area (Å²) in [5.74, 6) is 0.133. The van der Waals surface area contributed by atoms with Crippen LogP contribution in [0, 0.1) is 0 Å². The number of benzene rings is 2. The molecular weight excluding hydrogens is 260 g/mol. The van der Waals surface area contributed by atoms with E-state index < -0.39 is 0 Å². The first-order chi connectivity index (χ1) is 10.1. The maximum atomic E-state index is 12.2. The van der Waals surface area contributed by atoms with Gasteiger partial charge in [0.05, 0.1) is 6.42 Å². The summed E-state index contributed by atoms with van der Waals surface area (Å²) in [6.07, 6.45) is 2.38. The van der Waals surface area contributed by atoms with E-state index in [2.05, 4.69) is 12.1 Å². The minimum Gasteiger partial charge on any atom is -0.399 e. The van der Waals surface area contributed by atoms with Crippen molar-refractivity contribution in [1.82, 2.24) is 4.90 Å². The lowest BCUT2D eigenvalue weighted by Gasteiger charge is -2.17. The van der Waals surface area contributed by atoms with E-state index in [1.165, 1.54) is 5.56 Å². The maximum absolute atomic E-state index is 12.2. The fourth-order valence-corrected chi connectivity index (χ4v) is 2.30. The van der Waals surface area contributed by atoms with Crippen LogP contribution in [0.5, 0.6) is 0 Å². The van der Waals surface area contributed by atoms with Crippen molar-refractivity contribution in [3.63, 3.8) is 0 Å². The Balaban J connectivity index is 1.77. The summed E-state index contributed by atoms with van der Waals surface area (Å²) < 4.78 is 0. The standard InChI is InChI=1S/C18H22N2O/c1-20(12-6-10-15-7-3-2-4-8-15)18(21)14-16-9-5-11-17(19)13-16/h2-5,7-9,11,13H,6,10,12,14,19H2,1H3. The molecule has 0 fully saturated rings. The monoisotopic (exact) mass is 282 g/mol. The molecule has 2 aromatic rings. The smallest absolute Gasteiger partial charge is 0.226 e. The molecule has 0 aliphatic rings. The molecule has 0 bridgehead atoms. The number of aryl methyl sites for hydroxylation is 1. The molecule has 0 atom stereocenters. The third kappa shape index (κ3) is 4.95. The van der Waals surface area contributed by atoms with Crippen LogP contribution in [-0.2, 0) is 17.6 Å². The number of anilines is 1. The summed E-state index contributed by atoms with van der Waals surface area (Å²) in [5.41, 5.74) is 8.71. The van der Waals surface area contributed by atoms with Gasteiger partial charge in [0, 0.05) is 19.3 Å². The van der Waals surface area contributed by atoms with Crippen molar-refractivity contribution >= 4 is 11.6 Å². The van der Waals surface area contributed by atoms with Gasteiger partial charge in [0.15, 0.2) is 0 Å². The number of hydrogen-bond donors (Lipinski definition) is 1. The van der Waals surface area contributed by atoms with Crippen LogP contribution >= 0.6 is 0 Å². The van der Waals surface area contributed by atoms with Gasteiger partial charge >= 0.3 is 0 Å². The van der Waals surface area contributed by atoms with E-state index in [4.69, 9.17) is 5.73 Å². The first kappa shape index (κ1) is 15.1. The van der Waals surface area contributed by atoms with Crippen molar-refractivity contribution in [2.24, 2.45) is 0 Å². The van der Waals surface area contributed by atoms with E-state index in [-0.39, 0.29) is 5.91 Å². The van der Waals surface area contributed by atoms with E-state index in [1.807, 2.05) is 49.5 Å². The topological polar surface area (TPSA) is 46.3 Å². The van der Waals surface area contributed by atoms with Crippen LogP contribution in [0.25, 0.3) is 0 Å². The number of nitrogens with zero attached hydrogens (tertiary/aromatic N) is 1. The number of hydrogen-bond acceptors (Lipinski definition) is 2. The zero-order valence-corrected chi connectivity index (χ0v) is 12.5. The van der Waals surface area contributed by atoms with Crippen LogP contribution in [0.2, 0.25) is 0 Å². The van der Waals surface area contributed by atoms with E-state index >= 15 is 0 Å². The van der Waals surface area contributed by atoms with Gasteiger partial charge in [-0.2, -0.15) is 0 Å². The number of rotatable bonds is 6. The third-order valence-corrected chi connectivity index (χ3v) is 3.53. The van der Waals surface area contributed by atoms with E-state index in [1.54, 1.807) is 4.90 Å². The highest BCUT2D eigenvalue weighted by Crippen LogP contribution is 2.09. The Morgan fingerprint density at radius 1 is 1.05 bits per heavy atom. The van der Waals surface area contributed by atoms with Crippen LogP contribution < -0.4 is 5.73 Å². The molecular formula is C18H22N2O. The summed E-state index contributed by atoms with van der Waals surface area (Å²) in [7, 11) is 1.86. The summed E-state index contributed by atoms with van der Waals surface area (Å²) in [6, 6.07) is 17.9. The first-order valence-corrected chi connectivity index (χ1v) is 7.27. The SMILES string of the molecule is CN(CCCc1ccccc1)C(=O)Cc1cccc(N)c1. The molecule has 0 spiro atoms. The summed E-state index contributed by atoms with van der Waals surface area (Å²) >= 11 is 0. The van der Waals surface area contributed by atoms with Crippen LogP contribution in [0.3, 0.4) is 0 Å². The Morgan fingerprint density at radius 2 is 1.76 bits per heavy atom. The van der Waals surface area contributed by atoms with Gasteiger partial charge in [0.1, 0.15) is 0 Å². The second-order valence-corrected chi connectivity index (χ2v) is 5.33. The number of amides is 1. The molecule has 0 heterocycles. The Morgan fingerprint density at radius 3 is 2.48 bits per heavy atom. The fraction of sp³-hybridized carbons (Fsp3) is 0.278. The molecule has 2 rings (SSSR count). The van der Waals surface area contributed by atoms with Gasteiger partial charge in [-0.15, -0.1) is 0 Å². The first-order valence-electron chi connectivity index (χ1n) is 7.27. The fourth-order valence-electron chi connectivity index (χ4n) is 2.30. The van der Waals surface area contributed by atoms with E-state index in [9.17, 15) is 4.79 Å². The molecule has 2 N–H and O–H groups in total. The average molecular weight is 282 g/mol. The zero-order chi connectivity index (χ0) is 15.1. The Labute approximate surface area is 126 Å². The molecule has 110 valence electrons. The molecule has 0 unspecified atom stereocenters. The van der Waals surface area contributed by atoms with Gasteiger partial charge in [-0.3, -0.25) is 4.79 Å². The lowest BCUT2D eigenvalue weighted by molar-refractivity contribution is -0.129. The highest BCUT2D eigenvalue weighted by molar-refractivity contribution is 5.78. The minimum absolute atomic E-state index is 0.133. The third-order valence-electron chi connectivity index (χ3n) is 3.53. The van der Waals surface area contributed by atoms with Crippen LogP contribution in [0.15, 0.2) is 54.6 Å². The Bertz CT molecular complexity index is 581. The van der Waals surface area contributed by atoms with E-state index in [0.29, 0.717) is 12.1 Å². The molecule has 2 aromatic carbocycles. The van der Waals surface area contributed by atoms with Crippen molar-refractivity contribution in [3.8, 4) is 0 Å². The molecule has 3 heteroatoms. The van der Waals surface area contributed by atoms with Crippen molar-refractivity contribution in [2.45, 2.75) is 19.3 Å². The second kappa shape index (κ2) is 7.48. The largest absolute Gasteiger partial charge is 0.399 e. The molecule has 21 heavy (non-hydrogen) atoms. The van der Waals surface area contributed by atoms with Gasteiger partial charge in [-0.05, 0) is 36.1 Å². The predicted octanol–water partition coefficient (Wildman–Crippen LogP) is 2.90. The predicted molar refractivity (Wildman–Crippen MR) is 87.0 cm³/mol. The summed E-state index contributed by atoms with van der Waals surface area (Å²) in [6.45, 7) is 0.774. The number of carbonyl (C=O) groups excluding carboxylic acids is 1.